The lowest BCUT2D eigenvalue weighted by Crippen LogP contribution is -2.56. The Morgan fingerprint density at radius 1 is 1.17 bits per heavy atom. The topological polar surface area (TPSA) is 57.2 Å². The standard InChI is InChI=1S/C22H34N4O2.HI/c1-22(2,16-18-8-5-4-6-9-18)17-24-21(23-3)26-13-11-25(12-14-26)20(27)19-10-7-15-28-19;/h4-6,8-9,19H,7,10-17H2,1-3H3,(H,23,24);1H. The van der Waals surface area contributed by atoms with Crippen molar-refractivity contribution in [2.45, 2.75) is 39.2 Å². The van der Waals surface area contributed by atoms with Gasteiger partial charge in [-0.1, -0.05) is 44.2 Å². The van der Waals surface area contributed by atoms with Gasteiger partial charge in [-0.2, -0.15) is 0 Å². The number of piperazine rings is 1. The van der Waals surface area contributed by atoms with Crippen LogP contribution in [-0.2, 0) is 16.0 Å². The third-order valence-electron chi connectivity index (χ3n) is 5.56. The smallest absolute Gasteiger partial charge is 0.251 e. The summed E-state index contributed by atoms with van der Waals surface area (Å²) >= 11 is 0. The molecule has 1 aromatic carbocycles. The molecule has 2 saturated heterocycles. The molecule has 6 nitrogen and oxygen atoms in total. The summed E-state index contributed by atoms with van der Waals surface area (Å²) in [5.74, 6) is 1.08. The Morgan fingerprint density at radius 3 is 2.41 bits per heavy atom. The van der Waals surface area contributed by atoms with Gasteiger partial charge in [-0.3, -0.25) is 9.79 Å². The number of amides is 1. The SMILES string of the molecule is CN=C(NCC(C)(C)Cc1ccccc1)N1CCN(C(=O)C2CCCO2)CC1.I. The van der Waals surface area contributed by atoms with Crippen LogP contribution in [-0.4, -0.2) is 74.1 Å². The van der Waals surface area contributed by atoms with Crippen LogP contribution in [0.15, 0.2) is 35.3 Å². The molecule has 7 heteroatoms. The number of aliphatic imine (C=N–C) groups is 1. The Hall–Kier alpha value is -1.35. The molecule has 1 N–H and O–H groups in total. The van der Waals surface area contributed by atoms with Crippen LogP contribution in [0.5, 0.6) is 0 Å². The molecular formula is C22H35IN4O2. The van der Waals surface area contributed by atoms with Crippen LogP contribution in [0.4, 0.5) is 0 Å². The molecule has 1 unspecified atom stereocenters. The molecule has 1 amide bonds. The van der Waals surface area contributed by atoms with Crippen molar-refractivity contribution in [2.24, 2.45) is 10.4 Å². The highest BCUT2D eigenvalue weighted by atomic mass is 127. The maximum atomic E-state index is 12.5. The summed E-state index contributed by atoms with van der Waals surface area (Å²) in [4.78, 5) is 21.2. The van der Waals surface area contributed by atoms with Gasteiger partial charge in [-0.15, -0.1) is 24.0 Å². The normalized spacial score (nSPS) is 20.4. The lowest BCUT2D eigenvalue weighted by Gasteiger charge is -2.38. The highest BCUT2D eigenvalue weighted by Crippen LogP contribution is 2.21. The number of hydrogen-bond acceptors (Lipinski definition) is 3. The van der Waals surface area contributed by atoms with Gasteiger partial charge < -0.3 is 19.9 Å². The molecule has 0 bridgehead atoms. The predicted molar refractivity (Wildman–Crippen MR) is 128 cm³/mol. The summed E-state index contributed by atoms with van der Waals surface area (Å²) in [5.41, 5.74) is 1.47. The molecule has 2 fully saturated rings. The number of carbonyl (C=O) groups is 1. The second kappa shape index (κ2) is 11.2. The number of carbonyl (C=O) groups excluding carboxylic acids is 1. The summed E-state index contributed by atoms with van der Waals surface area (Å²) in [5, 5.41) is 3.55. The van der Waals surface area contributed by atoms with Gasteiger partial charge in [0, 0.05) is 46.4 Å². The van der Waals surface area contributed by atoms with Crippen LogP contribution in [0, 0.1) is 5.41 Å². The van der Waals surface area contributed by atoms with Crippen LogP contribution >= 0.6 is 24.0 Å². The van der Waals surface area contributed by atoms with E-state index in [0.717, 1.165) is 57.9 Å². The molecular weight excluding hydrogens is 479 g/mol. The summed E-state index contributed by atoms with van der Waals surface area (Å²) < 4.78 is 5.55. The van der Waals surface area contributed by atoms with E-state index < -0.39 is 0 Å². The van der Waals surface area contributed by atoms with Gasteiger partial charge in [0.25, 0.3) is 5.91 Å². The Kier molecular flexibility index (Phi) is 9.20. The Morgan fingerprint density at radius 2 is 1.83 bits per heavy atom. The molecule has 3 rings (SSSR count). The van der Waals surface area contributed by atoms with Gasteiger partial charge in [-0.05, 0) is 30.2 Å². The minimum atomic E-state index is -0.220. The first-order valence-corrected chi connectivity index (χ1v) is 10.4. The fourth-order valence-electron chi connectivity index (χ4n) is 3.98. The number of nitrogens with zero attached hydrogens (tertiary/aromatic N) is 3. The third kappa shape index (κ3) is 6.84. The van der Waals surface area contributed by atoms with Crippen LogP contribution in [0.25, 0.3) is 0 Å². The van der Waals surface area contributed by atoms with Crippen molar-refractivity contribution in [1.29, 1.82) is 0 Å². The van der Waals surface area contributed by atoms with Gasteiger partial charge >= 0.3 is 0 Å². The fourth-order valence-corrected chi connectivity index (χ4v) is 3.98. The van der Waals surface area contributed by atoms with Crippen molar-refractivity contribution >= 4 is 35.8 Å². The maximum absolute atomic E-state index is 12.5. The Bertz CT molecular complexity index is 667. The summed E-state index contributed by atoms with van der Waals surface area (Å²) in [6.07, 6.45) is 2.65. The van der Waals surface area contributed by atoms with Gasteiger partial charge in [-0.25, -0.2) is 0 Å². The van der Waals surface area contributed by atoms with Crippen molar-refractivity contribution in [1.82, 2.24) is 15.1 Å². The first-order chi connectivity index (χ1) is 13.5. The zero-order chi connectivity index (χ0) is 20.0. The van der Waals surface area contributed by atoms with Crippen molar-refractivity contribution in [3.05, 3.63) is 35.9 Å². The van der Waals surface area contributed by atoms with Crippen molar-refractivity contribution < 1.29 is 9.53 Å². The first kappa shape index (κ1) is 23.9. The van der Waals surface area contributed by atoms with Crippen molar-refractivity contribution in [2.75, 3.05) is 46.4 Å². The van der Waals surface area contributed by atoms with Gasteiger partial charge in [0.1, 0.15) is 6.10 Å². The average molecular weight is 514 g/mol. The van der Waals surface area contributed by atoms with E-state index in [2.05, 4.69) is 59.4 Å². The van der Waals surface area contributed by atoms with E-state index in [9.17, 15) is 4.79 Å². The fraction of sp³-hybridized carbons (Fsp3) is 0.636. The molecule has 0 aliphatic carbocycles. The Labute approximate surface area is 192 Å². The van der Waals surface area contributed by atoms with E-state index in [1.165, 1.54) is 5.56 Å². The van der Waals surface area contributed by atoms with Crippen LogP contribution in [0.3, 0.4) is 0 Å². The molecule has 162 valence electrons. The molecule has 2 heterocycles. The summed E-state index contributed by atoms with van der Waals surface area (Å²) in [7, 11) is 1.83. The third-order valence-corrected chi connectivity index (χ3v) is 5.56. The van der Waals surface area contributed by atoms with E-state index in [1.807, 2.05) is 11.9 Å². The van der Waals surface area contributed by atoms with E-state index in [-0.39, 0.29) is 41.4 Å². The van der Waals surface area contributed by atoms with E-state index in [0.29, 0.717) is 6.61 Å². The molecule has 0 aromatic heterocycles. The van der Waals surface area contributed by atoms with E-state index >= 15 is 0 Å². The number of benzene rings is 1. The number of guanidine groups is 1. The van der Waals surface area contributed by atoms with Crippen molar-refractivity contribution in [3.8, 4) is 0 Å². The lowest BCUT2D eigenvalue weighted by atomic mass is 9.86. The number of hydrogen-bond donors (Lipinski definition) is 1. The molecule has 29 heavy (non-hydrogen) atoms. The lowest BCUT2D eigenvalue weighted by molar-refractivity contribution is -0.142. The second-order valence-electron chi connectivity index (χ2n) is 8.54. The zero-order valence-electron chi connectivity index (χ0n) is 17.9. The zero-order valence-corrected chi connectivity index (χ0v) is 20.2. The average Bonchev–Trinajstić information content (AvgIpc) is 3.23. The van der Waals surface area contributed by atoms with E-state index in [4.69, 9.17) is 4.74 Å². The summed E-state index contributed by atoms with van der Waals surface area (Å²) in [6, 6.07) is 10.6. The first-order valence-electron chi connectivity index (χ1n) is 10.4. The number of halogens is 1. The minimum Gasteiger partial charge on any atom is -0.368 e. The number of rotatable bonds is 5. The van der Waals surface area contributed by atoms with Gasteiger partial charge in [0.2, 0.25) is 0 Å². The maximum Gasteiger partial charge on any atom is 0.251 e. The second-order valence-corrected chi connectivity index (χ2v) is 8.54. The molecule has 2 aliphatic heterocycles. The molecule has 0 radical (unpaired) electrons. The van der Waals surface area contributed by atoms with E-state index in [1.54, 1.807) is 0 Å². The predicted octanol–water partition coefficient (Wildman–Crippen LogP) is 2.77. The minimum absolute atomic E-state index is 0. The quantitative estimate of drug-likeness (QED) is 0.373. The van der Waals surface area contributed by atoms with Crippen LogP contribution in [0.1, 0.15) is 32.3 Å². The highest BCUT2D eigenvalue weighted by Gasteiger charge is 2.31. The molecule has 2 aliphatic rings. The largest absolute Gasteiger partial charge is 0.368 e. The Balaban J connectivity index is 0.00000300. The van der Waals surface area contributed by atoms with Crippen LogP contribution in [0.2, 0.25) is 0 Å². The van der Waals surface area contributed by atoms with Crippen molar-refractivity contribution in [3.63, 3.8) is 0 Å². The van der Waals surface area contributed by atoms with Gasteiger partial charge in [0.15, 0.2) is 5.96 Å². The monoisotopic (exact) mass is 514 g/mol. The molecule has 0 spiro atoms. The number of nitrogens with one attached hydrogen (secondary N) is 1. The molecule has 0 saturated carbocycles. The van der Waals surface area contributed by atoms with Gasteiger partial charge in [0.05, 0.1) is 0 Å². The molecule has 1 atom stereocenters. The molecule has 1 aromatic rings. The highest BCUT2D eigenvalue weighted by molar-refractivity contribution is 14.0. The number of ether oxygens (including phenoxy) is 1. The summed E-state index contributed by atoms with van der Waals surface area (Å²) in [6.45, 7) is 9.18. The van der Waals surface area contributed by atoms with Crippen LogP contribution < -0.4 is 5.32 Å².